The van der Waals surface area contributed by atoms with Crippen LogP contribution in [-0.2, 0) is 6.42 Å². The number of urea groups is 1. The van der Waals surface area contributed by atoms with Gasteiger partial charge in [-0.05, 0) is 36.1 Å². The second-order valence-electron chi connectivity index (χ2n) is 6.18. The first-order valence-corrected chi connectivity index (χ1v) is 9.30. The van der Waals surface area contributed by atoms with Crippen molar-refractivity contribution in [1.29, 1.82) is 0 Å². The van der Waals surface area contributed by atoms with Crippen LogP contribution in [0.1, 0.15) is 19.4 Å². The lowest BCUT2D eigenvalue weighted by molar-refractivity contribution is 0.262. The number of pyridine rings is 1. The molecule has 3 rings (SSSR count). The summed E-state index contributed by atoms with van der Waals surface area (Å²) in [6.45, 7) is 4.35. The minimum atomic E-state index is -0.367. The van der Waals surface area contributed by atoms with Crippen LogP contribution in [0.15, 0.2) is 42.7 Å². The summed E-state index contributed by atoms with van der Waals surface area (Å²) in [7, 11) is 0. The first-order valence-electron chi connectivity index (χ1n) is 8.11. The van der Waals surface area contributed by atoms with E-state index in [0.717, 1.165) is 17.7 Å². The third kappa shape index (κ3) is 5.00. The van der Waals surface area contributed by atoms with E-state index in [4.69, 9.17) is 11.6 Å². The molecule has 0 aliphatic heterocycles. The molecule has 0 saturated carbocycles. The lowest BCUT2D eigenvalue weighted by Crippen LogP contribution is -2.19. The minimum absolute atomic E-state index is 0.367. The van der Waals surface area contributed by atoms with Crippen LogP contribution in [-0.4, -0.2) is 21.2 Å². The molecular formula is C18H18ClN5OS. The Labute approximate surface area is 160 Å². The number of hydrogen-bond acceptors (Lipinski definition) is 5. The molecule has 2 heterocycles. The number of aromatic nitrogens is 3. The van der Waals surface area contributed by atoms with E-state index in [9.17, 15) is 4.79 Å². The van der Waals surface area contributed by atoms with Crippen molar-refractivity contribution in [3.63, 3.8) is 0 Å². The number of carbonyl (C=O) groups is 1. The van der Waals surface area contributed by atoms with Crippen molar-refractivity contribution in [2.24, 2.45) is 5.92 Å². The van der Waals surface area contributed by atoms with Crippen LogP contribution in [0.2, 0.25) is 5.02 Å². The predicted molar refractivity (Wildman–Crippen MR) is 106 cm³/mol. The van der Waals surface area contributed by atoms with Gasteiger partial charge in [0.05, 0.1) is 5.02 Å². The third-order valence-electron chi connectivity index (χ3n) is 3.45. The van der Waals surface area contributed by atoms with Gasteiger partial charge in [0.15, 0.2) is 5.01 Å². The van der Waals surface area contributed by atoms with E-state index in [1.54, 1.807) is 18.5 Å². The second-order valence-corrected chi connectivity index (χ2v) is 7.59. The summed E-state index contributed by atoms with van der Waals surface area (Å²) in [6, 6.07) is 9.20. The first-order chi connectivity index (χ1) is 12.5. The molecule has 0 atom stereocenters. The second kappa shape index (κ2) is 8.25. The van der Waals surface area contributed by atoms with Crippen LogP contribution in [0.25, 0.3) is 10.6 Å². The van der Waals surface area contributed by atoms with E-state index in [-0.39, 0.29) is 6.03 Å². The Morgan fingerprint density at radius 3 is 2.62 bits per heavy atom. The molecule has 0 aliphatic rings. The SMILES string of the molecule is CC(C)Cc1ccc(NC(=O)Nc2nnc(-c3cncc(Cl)c3)s2)cc1. The van der Waals surface area contributed by atoms with Crippen molar-refractivity contribution >= 4 is 39.8 Å². The number of hydrogen-bond donors (Lipinski definition) is 2. The molecule has 26 heavy (non-hydrogen) atoms. The van der Waals surface area contributed by atoms with Crippen LogP contribution in [0, 0.1) is 5.92 Å². The zero-order valence-electron chi connectivity index (χ0n) is 14.4. The maximum Gasteiger partial charge on any atom is 0.325 e. The Bertz CT molecular complexity index is 895. The molecule has 2 amide bonds. The Kier molecular flexibility index (Phi) is 5.80. The summed E-state index contributed by atoms with van der Waals surface area (Å²) in [5.74, 6) is 0.596. The minimum Gasteiger partial charge on any atom is -0.308 e. The predicted octanol–water partition coefficient (Wildman–Crippen LogP) is 5.10. The fraction of sp³-hybridized carbons (Fsp3) is 0.222. The van der Waals surface area contributed by atoms with Crippen LogP contribution in [0.4, 0.5) is 15.6 Å². The average Bonchev–Trinajstić information content (AvgIpc) is 3.04. The number of carbonyl (C=O) groups excluding carboxylic acids is 1. The smallest absolute Gasteiger partial charge is 0.308 e. The van der Waals surface area contributed by atoms with E-state index >= 15 is 0 Å². The molecule has 0 radical (unpaired) electrons. The molecule has 134 valence electrons. The van der Waals surface area contributed by atoms with E-state index in [2.05, 4.69) is 39.7 Å². The fourth-order valence-corrected chi connectivity index (χ4v) is 3.27. The first kappa shape index (κ1) is 18.3. The molecule has 0 unspecified atom stereocenters. The van der Waals surface area contributed by atoms with Gasteiger partial charge in [0.1, 0.15) is 0 Å². The Morgan fingerprint density at radius 2 is 1.92 bits per heavy atom. The summed E-state index contributed by atoms with van der Waals surface area (Å²) in [5.41, 5.74) is 2.72. The highest BCUT2D eigenvalue weighted by molar-refractivity contribution is 7.18. The summed E-state index contributed by atoms with van der Waals surface area (Å²) in [4.78, 5) is 16.1. The molecule has 1 aromatic carbocycles. The van der Waals surface area contributed by atoms with E-state index < -0.39 is 0 Å². The number of nitrogens with one attached hydrogen (secondary N) is 2. The Hall–Kier alpha value is -2.51. The van der Waals surface area contributed by atoms with Gasteiger partial charge in [0.25, 0.3) is 0 Å². The van der Waals surface area contributed by atoms with Crippen LogP contribution in [0.3, 0.4) is 0 Å². The van der Waals surface area contributed by atoms with Gasteiger partial charge in [-0.3, -0.25) is 10.3 Å². The van der Waals surface area contributed by atoms with Crippen LogP contribution in [0.5, 0.6) is 0 Å². The summed E-state index contributed by atoms with van der Waals surface area (Å²) in [5, 5.41) is 15.0. The monoisotopic (exact) mass is 387 g/mol. The number of benzene rings is 1. The molecule has 0 bridgehead atoms. The van der Waals surface area contributed by atoms with Gasteiger partial charge in [-0.2, -0.15) is 0 Å². The van der Waals surface area contributed by atoms with Crippen molar-refractivity contribution in [3.05, 3.63) is 53.3 Å². The van der Waals surface area contributed by atoms with Gasteiger partial charge >= 0.3 is 6.03 Å². The summed E-state index contributed by atoms with van der Waals surface area (Å²) < 4.78 is 0. The van der Waals surface area contributed by atoms with Crippen molar-refractivity contribution in [3.8, 4) is 10.6 Å². The van der Waals surface area contributed by atoms with Crippen molar-refractivity contribution in [2.45, 2.75) is 20.3 Å². The Morgan fingerprint density at radius 1 is 1.15 bits per heavy atom. The molecule has 0 fully saturated rings. The molecule has 0 aliphatic carbocycles. The van der Waals surface area contributed by atoms with E-state index in [0.29, 0.717) is 21.1 Å². The molecule has 2 N–H and O–H groups in total. The van der Waals surface area contributed by atoms with Crippen molar-refractivity contribution in [1.82, 2.24) is 15.2 Å². The van der Waals surface area contributed by atoms with Gasteiger partial charge in [-0.15, -0.1) is 10.2 Å². The number of rotatable bonds is 5. The molecule has 0 spiro atoms. The molecule has 0 saturated heterocycles. The van der Waals surface area contributed by atoms with Crippen LogP contribution >= 0.6 is 22.9 Å². The van der Waals surface area contributed by atoms with Gasteiger partial charge in [0.2, 0.25) is 5.13 Å². The Balaban J connectivity index is 1.60. The molecular weight excluding hydrogens is 370 g/mol. The van der Waals surface area contributed by atoms with Gasteiger partial charge in [0, 0.05) is 23.6 Å². The normalized spacial score (nSPS) is 10.8. The summed E-state index contributed by atoms with van der Waals surface area (Å²) >= 11 is 7.18. The van der Waals surface area contributed by atoms with Gasteiger partial charge in [-0.25, -0.2) is 4.79 Å². The number of halogens is 1. The number of anilines is 2. The highest BCUT2D eigenvalue weighted by Crippen LogP contribution is 2.27. The van der Waals surface area contributed by atoms with Crippen LogP contribution < -0.4 is 10.6 Å². The van der Waals surface area contributed by atoms with Gasteiger partial charge in [-0.1, -0.05) is 48.9 Å². The highest BCUT2D eigenvalue weighted by Gasteiger charge is 2.10. The van der Waals surface area contributed by atoms with Gasteiger partial charge < -0.3 is 5.32 Å². The lowest BCUT2D eigenvalue weighted by atomic mass is 10.0. The lowest BCUT2D eigenvalue weighted by Gasteiger charge is -2.08. The summed E-state index contributed by atoms with van der Waals surface area (Å²) in [6.07, 6.45) is 4.21. The highest BCUT2D eigenvalue weighted by atomic mass is 35.5. The third-order valence-corrected chi connectivity index (χ3v) is 4.55. The molecule has 3 aromatic rings. The largest absolute Gasteiger partial charge is 0.325 e. The maximum atomic E-state index is 12.1. The molecule has 6 nitrogen and oxygen atoms in total. The fourth-order valence-electron chi connectivity index (χ4n) is 2.37. The number of amides is 2. The zero-order chi connectivity index (χ0) is 18.5. The number of nitrogens with zero attached hydrogens (tertiary/aromatic N) is 3. The quantitative estimate of drug-likeness (QED) is 0.638. The average molecular weight is 388 g/mol. The van der Waals surface area contributed by atoms with E-state index in [1.165, 1.54) is 16.9 Å². The molecule has 8 heteroatoms. The molecule has 2 aromatic heterocycles. The van der Waals surface area contributed by atoms with Crippen molar-refractivity contribution < 1.29 is 4.79 Å². The van der Waals surface area contributed by atoms with E-state index in [1.807, 2.05) is 24.3 Å². The standard InChI is InChI=1S/C18H18ClN5OS/c1-11(2)7-12-3-5-15(6-4-12)21-17(25)22-18-24-23-16(26-18)13-8-14(19)10-20-9-13/h3-6,8-11H,7H2,1-2H3,(H2,21,22,24,25). The zero-order valence-corrected chi connectivity index (χ0v) is 15.9. The maximum absolute atomic E-state index is 12.1. The van der Waals surface area contributed by atoms with Crippen molar-refractivity contribution in [2.75, 3.05) is 10.6 Å². The topological polar surface area (TPSA) is 79.8 Å².